The SMILES string of the molecule is Cc1ccc(C(=O)Nc2ccc(CN3CCN(C)CC3)c(C(F)(F)F)c2)cc1Oc1nc(-c2ccoc2)nc2cc[nH]c12. The number of nitrogens with zero attached hydrogens (tertiary/aromatic N) is 4. The summed E-state index contributed by atoms with van der Waals surface area (Å²) < 4.78 is 53.5. The molecule has 3 aromatic heterocycles. The standard InChI is InChI=1S/C31H29F3N6O3/c1-19-3-4-20(15-26(19)43-30-27-25(7-9-35-27)37-28(38-30)22-8-14-42-18-22)29(41)36-23-6-5-21(24(16-23)31(32,33)34)17-40-12-10-39(2)11-13-40/h3-9,14-16,18,35H,10-13,17H2,1-2H3,(H,36,41). The van der Waals surface area contributed by atoms with E-state index in [1.165, 1.54) is 30.7 Å². The first kappa shape index (κ1) is 28.4. The number of rotatable bonds is 7. The number of furan rings is 1. The van der Waals surface area contributed by atoms with Crippen LogP contribution >= 0.6 is 0 Å². The fourth-order valence-corrected chi connectivity index (χ4v) is 4.97. The van der Waals surface area contributed by atoms with Crippen LogP contribution in [0.3, 0.4) is 0 Å². The number of piperazine rings is 1. The van der Waals surface area contributed by atoms with Gasteiger partial charge < -0.3 is 24.4 Å². The minimum atomic E-state index is -4.57. The van der Waals surface area contributed by atoms with Crippen LogP contribution in [0.1, 0.15) is 27.0 Å². The Morgan fingerprint density at radius 1 is 1.07 bits per heavy atom. The van der Waals surface area contributed by atoms with Crippen molar-refractivity contribution in [2.75, 3.05) is 38.5 Å². The van der Waals surface area contributed by atoms with Crippen molar-refractivity contribution in [3.63, 3.8) is 0 Å². The van der Waals surface area contributed by atoms with Crippen molar-refractivity contribution in [1.82, 2.24) is 24.8 Å². The predicted molar refractivity (Wildman–Crippen MR) is 155 cm³/mol. The smallest absolute Gasteiger partial charge is 0.416 e. The zero-order valence-corrected chi connectivity index (χ0v) is 23.5. The molecule has 9 nitrogen and oxygen atoms in total. The normalized spacial score (nSPS) is 14.7. The quantitative estimate of drug-likeness (QED) is 0.228. The molecule has 0 saturated carbocycles. The number of aromatic amines is 1. The highest BCUT2D eigenvalue weighted by Gasteiger charge is 2.34. The molecule has 1 aliphatic rings. The number of amides is 1. The summed E-state index contributed by atoms with van der Waals surface area (Å²) in [4.78, 5) is 29.5. The van der Waals surface area contributed by atoms with Gasteiger partial charge in [0.25, 0.3) is 5.91 Å². The van der Waals surface area contributed by atoms with Crippen molar-refractivity contribution in [3.8, 4) is 23.0 Å². The summed E-state index contributed by atoms with van der Waals surface area (Å²) in [6.45, 7) is 5.00. The Morgan fingerprint density at radius 2 is 1.88 bits per heavy atom. The second kappa shape index (κ2) is 11.5. The molecule has 1 amide bonds. The maximum Gasteiger partial charge on any atom is 0.416 e. The number of aromatic nitrogens is 3. The summed E-state index contributed by atoms with van der Waals surface area (Å²) in [5.41, 5.74) is 2.28. The Hall–Kier alpha value is -4.68. The fraction of sp³-hybridized carbons (Fsp3) is 0.258. The summed E-state index contributed by atoms with van der Waals surface area (Å²) in [6, 6.07) is 12.3. The van der Waals surface area contributed by atoms with E-state index in [-0.39, 0.29) is 29.2 Å². The Balaban J connectivity index is 1.23. The third-order valence-corrected chi connectivity index (χ3v) is 7.47. The molecular formula is C31H29F3N6O3. The number of halogens is 3. The maximum absolute atomic E-state index is 14.0. The van der Waals surface area contributed by atoms with E-state index in [1.807, 2.05) is 18.9 Å². The van der Waals surface area contributed by atoms with Crippen molar-refractivity contribution in [2.24, 2.45) is 0 Å². The second-order valence-electron chi connectivity index (χ2n) is 10.6. The van der Waals surface area contributed by atoms with Gasteiger partial charge in [0.15, 0.2) is 5.82 Å². The third-order valence-electron chi connectivity index (χ3n) is 7.47. The summed E-state index contributed by atoms with van der Waals surface area (Å²) in [5.74, 6) is 0.437. The van der Waals surface area contributed by atoms with Gasteiger partial charge in [-0.1, -0.05) is 12.1 Å². The van der Waals surface area contributed by atoms with Crippen LogP contribution in [0.2, 0.25) is 0 Å². The van der Waals surface area contributed by atoms with E-state index in [0.29, 0.717) is 41.3 Å². The van der Waals surface area contributed by atoms with Crippen LogP contribution < -0.4 is 10.1 Å². The minimum absolute atomic E-state index is 0.0520. The molecule has 0 radical (unpaired) electrons. The molecule has 43 heavy (non-hydrogen) atoms. The zero-order valence-electron chi connectivity index (χ0n) is 23.5. The highest BCUT2D eigenvalue weighted by molar-refractivity contribution is 6.04. The lowest BCUT2D eigenvalue weighted by atomic mass is 10.0. The summed E-state index contributed by atoms with van der Waals surface area (Å²) >= 11 is 0. The number of anilines is 1. The second-order valence-corrected chi connectivity index (χ2v) is 10.6. The monoisotopic (exact) mass is 590 g/mol. The van der Waals surface area contributed by atoms with Gasteiger partial charge in [-0.3, -0.25) is 9.69 Å². The molecule has 0 aliphatic carbocycles. The number of H-pyrrole nitrogens is 1. The Kier molecular flexibility index (Phi) is 7.63. The van der Waals surface area contributed by atoms with Gasteiger partial charge >= 0.3 is 6.18 Å². The molecule has 0 spiro atoms. The third kappa shape index (κ3) is 6.25. The number of hydrogen-bond donors (Lipinski definition) is 2. The number of carbonyl (C=O) groups excluding carboxylic acids is 1. The molecule has 6 rings (SSSR count). The number of ether oxygens (including phenoxy) is 1. The predicted octanol–water partition coefficient (Wildman–Crippen LogP) is 6.34. The number of hydrogen-bond acceptors (Lipinski definition) is 7. The summed E-state index contributed by atoms with van der Waals surface area (Å²) in [6.07, 6.45) is 0.194. The van der Waals surface area contributed by atoms with Crippen molar-refractivity contribution in [1.29, 1.82) is 0 Å². The van der Waals surface area contributed by atoms with Gasteiger partial charge in [0.05, 0.1) is 22.9 Å². The summed E-state index contributed by atoms with van der Waals surface area (Å²) in [7, 11) is 1.99. The van der Waals surface area contributed by atoms with E-state index in [4.69, 9.17) is 9.15 Å². The Bertz CT molecular complexity index is 1760. The first-order valence-electron chi connectivity index (χ1n) is 13.7. The van der Waals surface area contributed by atoms with Crippen molar-refractivity contribution in [3.05, 3.63) is 89.5 Å². The van der Waals surface area contributed by atoms with Crippen molar-refractivity contribution >= 4 is 22.6 Å². The lowest BCUT2D eigenvalue weighted by Gasteiger charge is -2.33. The molecule has 222 valence electrons. The van der Waals surface area contributed by atoms with Crippen molar-refractivity contribution in [2.45, 2.75) is 19.6 Å². The molecule has 5 aromatic rings. The first-order valence-corrected chi connectivity index (χ1v) is 13.7. The van der Waals surface area contributed by atoms with Gasteiger partial charge in [0.2, 0.25) is 5.88 Å². The molecule has 1 fully saturated rings. The molecule has 12 heteroatoms. The number of carbonyl (C=O) groups is 1. The van der Waals surface area contributed by atoms with Gasteiger partial charge in [0.1, 0.15) is 17.5 Å². The number of nitrogens with one attached hydrogen (secondary N) is 2. The van der Waals surface area contributed by atoms with E-state index >= 15 is 0 Å². The zero-order chi connectivity index (χ0) is 30.1. The molecule has 0 unspecified atom stereocenters. The molecular weight excluding hydrogens is 561 g/mol. The van der Waals surface area contributed by atoms with E-state index < -0.39 is 17.6 Å². The lowest BCUT2D eigenvalue weighted by molar-refractivity contribution is -0.138. The minimum Gasteiger partial charge on any atom is -0.472 e. The van der Waals surface area contributed by atoms with Crippen molar-refractivity contribution < 1.29 is 27.1 Å². The average Bonchev–Trinajstić information content (AvgIpc) is 3.68. The van der Waals surface area contributed by atoms with Gasteiger partial charge in [0, 0.05) is 50.2 Å². The number of alkyl halides is 3. The van der Waals surface area contributed by atoms with E-state index in [0.717, 1.165) is 24.7 Å². The summed E-state index contributed by atoms with van der Waals surface area (Å²) in [5, 5.41) is 2.61. The topological polar surface area (TPSA) is 99.5 Å². The molecule has 0 atom stereocenters. The average molecular weight is 591 g/mol. The van der Waals surface area contributed by atoms with Gasteiger partial charge in [-0.25, -0.2) is 4.98 Å². The maximum atomic E-state index is 14.0. The van der Waals surface area contributed by atoms with E-state index in [1.54, 1.807) is 30.5 Å². The van der Waals surface area contributed by atoms with Crippen LogP contribution in [0.5, 0.6) is 11.6 Å². The van der Waals surface area contributed by atoms with Crippen LogP contribution in [0, 0.1) is 6.92 Å². The number of likely N-dealkylation sites (N-methyl/N-ethyl adjacent to an activating group) is 1. The molecule has 0 bridgehead atoms. The van der Waals surface area contributed by atoms with Crippen LogP contribution in [0.15, 0.2) is 71.7 Å². The highest BCUT2D eigenvalue weighted by Crippen LogP contribution is 2.35. The lowest BCUT2D eigenvalue weighted by Crippen LogP contribution is -2.44. The largest absolute Gasteiger partial charge is 0.472 e. The van der Waals surface area contributed by atoms with E-state index in [2.05, 4.69) is 25.2 Å². The van der Waals surface area contributed by atoms with Crippen LogP contribution in [0.25, 0.3) is 22.4 Å². The van der Waals surface area contributed by atoms with Crippen LogP contribution in [-0.4, -0.2) is 63.9 Å². The molecule has 1 aliphatic heterocycles. The molecule has 4 heterocycles. The Morgan fingerprint density at radius 3 is 2.63 bits per heavy atom. The van der Waals surface area contributed by atoms with Crippen LogP contribution in [-0.2, 0) is 12.7 Å². The molecule has 2 N–H and O–H groups in total. The van der Waals surface area contributed by atoms with Gasteiger partial charge in [-0.2, -0.15) is 18.2 Å². The van der Waals surface area contributed by atoms with Crippen LogP contribution in [0.4, 0.5) is 18.9 Å². The molecule has 1 saturated heterocycles. The number of aryl methyl sites for hydroxylation is 1. The number of fused-ring (bicyclic) bond motifs is 1. The first-order chi connectivity index (χ1) is 20.6. The van der Waals surface area contributed by atoms with Gasteiger partial charge in [-0.05, 0) is 61.5 Å². The van der Waals surface area contributed by atoms with Gasteiger partial charge in [-0.15, -0.1) is 0 Å². The van der Waals surface area contributed by atoms with E-state index in [9.17, 15) is 18.0 Å². The Labute approximate surface area is 245 Å². The number of benzene rings is 2. The molecule has 2 aromatic carbocycles. The highest BCUT2D eigenvalue weighted by atomic mass is 19.4. The fourth-order valence-electron chi connectivity index (χ4n) is 4.97.